The quantitative estimate of drug-likeness (QED) is 0.581. The van der Waals surface area contributed by atoms with Crippen molar-refractivity contribution in [2.24, 2.45) is 0 Å². The van der Waals surface area contributed by atoms with Gasteiger partial charge in [0.2, 0.25) is 0 Å². The second-order valence-corrected chi connectivity index (χ2v) is 4.91. The smallest absolute Gasteiger partial charge is 0.259 e. The first-order chi connectivity index (χ1) is 10.3. The van der Waals surface area contributed by atoms with E-state index in [-0.39, 0.29) is 5.56 Å². The summed E-state index contributed by atoms with van der Waals surface area (Å²) in [5, 5.41) is 6.07. The molecule has 0 aliphatic heterocycles. The number of pyridine rings is 2. The third kappa shape index (κ3) is 1.67. The Morgan fingerprint density at radius 3 is 2.71 bits per heavy atom. The van der Waals surface area contributed by atoms with Gasteiger partial charge in [0.25, 0.3) is 5.56 Å². The third-order valence-corrected chi connectivity index (χ3v) is 3.58. The minimum Gasteiger partial charge on any atom is -0.321 e. The molecule has 21 heavy (non-hydrogen) atoms. The average Bonchev–Trinajstić information content (AvgIpc) is 2.87. The van der Waals surface area contributed by atoms with Crippen LogP contribution in [-0.2, 0) is 0 Å². The van der Waals surface area contributed by atoms with Crippen molar-refractivity contribution in [3.63, 3.8) is 0 Å². The fourth-order valence-corrected chi connectivity index (χ4v) is 2.68. The van der Waals surface area contributed by atoms with Crippen molar-refractivity contribution in [3.8, 4) is 5.82 Å². The van der Waals surface area contributed by atoms with Gasteiger partial charge in [0.1, 0.15) is 0 Å². The van der Waals surface area contributed by atoms with E-state index < -0.39 is 0 Å². The fourth-order valence-electron chi connectivity index (χ4n) is 2.68. The van der Waals surface area contributed by atoms with Gasteiger partial charge in [-0.05, 0) is 25.1 Å². The second kappa shape index (κ2) is 4.28. The Bertz CT molecular complexity index is 1010. The van der Waals surface area contributed by atoms with E-state index in [1.165, 1.54) is 0 Å². The molecular formula is C16H12N4O. The van der Waals surface area contributed by atoms with Gasteiger partial charge >= 0.3 is 0 Å². The van der Waals surface area contributed by atoms with E-state index in [2.05, 4.69) is 15.1 Å². The number of H-pyrrole nitrogens is 1. The van der Waals surface area contributed by atoms with Gasteiger partial charge in [0, 0.05) is 11.6 Å². The number of rotatable bonds is 1. The molecule has 0 fully saturated rings. The normalized spacial score (nSPS) is 11.3. The van der Waals surface area contributed by atoms with E-state index in [1.54, 1.807) is 10.9 Å². The number of benzene rings is 1. The molecule has 5 nitrogen and oxygen atoms in total. The highest BCUT2D eigenvalue weighted by Gasteiger charge is 2.16. The number of aryl methyl sites for hydroxylation is 1. The maximum absolute atomic E-state index is 12.3. The Balaban J connectivity index is 2.26. The van der Waals surface area contributed by atoms with Crippen LogP contribution >= 0.6 is 0 Å². The van der Waals surface area contributed by atoms with Gasteiger partial charge < -0.3 is 4.98 Å². The summed E-state index contributed by atoms with van der Waals surface area (Å²) in [5.74, 6) is 0.700. The van der Waals surface area contributed by atoms with Gasteiger partial charge in [-0.3, -0.25) is 4.79 Å². The zero-order valence-corrected chi connectivity index (χ0v) is 11.4. The lowest BCUT2D eigenvalue weighted by molar-refractivity contribution is 0.859. The largest absolute Gasteiger partial charge is 0.321 e. The summed E-state index contributed by atoms with van der Waals surface area (Å²) in [6, 6.07) is 13.4. The molecule has 102 valence electrons. The van der Waals surface area contributed by atoms with Crippen LogP contribution in [0.1, 0.15) is 5.69 Å². The monoisotopic (exact) mass is 276 g/mol. The van der Waals surface area contributed by atoms with Crippen LogP contribution in [0.2, 0.25) is 0 Å². The van der Waals surface area contributed by atoms with Crippen molar-refractivity contribution < 1.29 is 0 Å². The Labute approximate surface area is 119 Å². The highest BCUT2D eigenvalue weighted by Crippen LogP contribution is 2.25. The molecule has 0 unspecified atom stereocenters. The van der Waals surface area contributed by atoms with Crippen molar-refractivity contribution in [2.75, 3.05) is 0 Å². The summed E-state index contributed by atoms with van der Waals surface area (Å²) in [5.41, 5.74) is 2.17. The van der Waals surface area contributed by atoms with Gasteiger partial charge in [-0.15, -0.1) is 0 Å². The van der Waals surface area contributed by atoms with Crippen LogP contribution in [0.25, 0.3) is 27.6 Å². The van der Waals surface area contributed by atoms with Crippen molar-refractivity contribution in [2.45, 2.75) is 6.92 Å². The second-order valence-electron chi connectivity index (χ2n) is 4.91. The molecule has 0 saturated carbocycles. The summed E-state index contributed by atoms with van der Waals surface area (Å²) in [7, 11) is 0. The SMILES string of the molecule is Cc1nn(-c2ccccn2)c2c1c(=O)[nH]c1ccccc12. The number of aromatic nitrogens is 4. The maximum atomic E-state index is 12.3. The van der Waals surface area contributed by atoms with Crippen LogP contribution < -0.4 is 5.56 Å². The number of nitrogens with one attached hydrogen (secondary N) is 1. The molecule has 0 bridgehead atoms. The molecule has 1 N–H and O–H groups in total. The van der Waals surface area contributed by atoms with Crippen molar-refractivity contribution in [1.82, 2.24) is 19.7 Å². The third-order valence-electron chi connectivity index (χ3n) is 3.58. The van der Waals surface area contributed by atoms with Gasteiger partial charge in [0.15, 0.2) is 5.82 Å². The van der Waals surface area contributed by atoms with E-state index in [0.29, 0.717) is 16.9 Å². The molecule has 0 spiro atoms. The number of nitrogens with zero attached hydrogens (tertiary/aromatic N) is 3. The number of aromatic amines is 1. The van der Waals surface area contributed by atoms with Gasteiger partial charge in [-0.25, -0.2) is 9.67 Å². The van der Waals surface area contributed by atoms with Crippen LogP contribution in [0.15, 0.2) is 53.5 Å². The van der Waals surface area contributed by atoms with Crippen LogP contribution in [0.5, 0.6) is 0 Å². The van der Waals surface area contributed by atoms with Crippen molar-refractivity contribution in [3.05, 3.63) is 64.7 Å². The molecule has 0 aliphatic carbocycles. The number of hydrogen-bond donors (Lipinski definition) is 1. The first-order valence-corrected chi connectivity index (χ1v) is 6.67. The zero-order valence-electron chi connectivity index (χ0n) is 11.4. The molecule has 0 atom stereocenters. The van der Waals surface area contributed by atoms with Gasteiger partial charge in [-0.2, -0.15) is 5.10 Å². The van der Waals surface area contributed by atoms with E-state index in [1.807, 2.05) is 49.4 Å². The fraction of sp³-hybridized carbons (Fsp3) is 0.0625. The molecule has 3 heterocycles. The van der Waals surface area contributed by atoms with Crippen molar-refractivity contribution >= 4 is 21.8 Å². The van der Waals surface area contributed by atoms with Crippen molar-refractivity contribution in [1.29, 1.82) is 0 Å². The van der Waals surface area contributed by atoms with E-state index in [4.69, 9.17) is 0 Å². The summed E-state index contributed by atoms with van der Waals surface area (Å²) in [6.07, 6.45) is 1.72. The lowest BCUT2D eigenvalue weighted by Crippen LogP contribution is -2.07. The molecule has 0 saturated heterocycles. The van der Waals surface area contributed by atoms with E-state index >= 15 is 0 Å². The lowest BCUT2D eigenvalue weighted by Gasteiger charge is -2.04. The predicted octanol–water partition coefficient (Wildman–Crippen LogP) is 2.57. The Morgan fingerprint density at radius 2 is 1.90 bits per heavy atom. The minimum absolute atomic E-state index is 0.122. The van der Waals surface area contributed by atoms with Crippen LogP contribution in [-0.4, -0.2) is 19.7 Å². The first-order valence-electron chi connectivity index (χ1n) is 6.67. The Hall–Kier alpha value is -2.95. The standard InChI is InChI=1S/C16H12N4O/c1-10-14-15(20(19-10)13-8-4-5-9-17-13)11-6-2-3-7-12(11)18-16(14)21/h2-9H,1H3,(H,18,21). The predicted molar refractivity (Wildman–Crippen MR) is 81.7 cm³/mol. The number of para-hydroxylation sites is 1. The summed E-state index contributed by atoms with van der Waals surface area (Å²) in [6.45, 7) is 1.84. The highest BCUT2D eigenvalue weighted by molar-refractivity contribution is 6.04. The zero-order chi connectivity index (χ0) is 14.4. The molecule has 1 aromatic carbocycles. The Morgan fingerprint density at radius 1 is 1.10 bits per heavy atom. The first kappa shape index (κ1) is 11.8. The summed E-state index contributed by atoms with van der Waals surface area (Å²) < 4.78 is 1.74. The molecule has 4 rings (SSSR count). The molecule has 0 radical (unpaired) electrons. The Kier molecular flexibility index (Phi) is 2.41. The summed E-state index contributed by atoms with van der Waals surface area (Å²) >= 11 is 0. The molecule has 3 aromatic heterocycles. The average molecular weight is 276 g/mol. The lowest BCUT2D eigenvalue weighted by atomic mass is 10.1. The molecule has 0 aliphatic rings. The van der Waals surface area contributed by atoms with Crippen LogP contribution in [0.3, 0.4) is 0 Å². The van der Waals surface area contributed by atoms with E-state index in [9.17, 15) is 4.79 Å². The van der Waals surface area contributed by atoms with Crippen LogP contribution in [0.4, 0.5) is 0 Å². The van der Waals surface area contributed by atoms with Gasteiger partial charge in [-0.1, -0.05) is 24.3 Å². The topological polar surface area (TPSA) is 63.6 Å². The molecule has 4 aromatic rings. The number of fused-ring (bicyclic) bond motifs is 3. The summed E-state index contributed by atoms with van der Waals surface area (Å²) in [4.78, 5) is 19.6. The van der Waals surface area contributed by atoms with E-state index in [0.717, 1.165) is 16.4 Å². The highest BCUT2D eigenvalue weighted by atomic mass is 16.1. The molecule has 5 heteroatoms. The maximum Gasteiger partial charge on any atom is 0.259 e. The number of hydrogen-bond acceptors (Lipinski definition) is 3. The molecular weight excluding hydrogens is 264 g/mol. The van der Waals surface area contributed by atoms with Gasteiger partial charge in [0.05, 0.1) is 22.1 Å². The molecule has 0 amide bonds. The van der Waals surface area contributed by atoms with Crippen LogP contribution in [0, 0.1) is 6.92 Å². The minimum atomic E-state index is -0.122.